The quantitative estimate of drug-likeness (QED) is 0.906. The normalized spacial score (nSPS) is 16.2. The predicted molar refractivity (Wildman–Crippen MR) is 79.8 cm³/mol. The zero-order chi connectivity index (χ0) is 15.2. The standard InChI is InChI=1S/C16H24N2O3/c1-3-12(4-2)15(19)17-13-7-9-18(10-8-13)16(20)14-6-5-11-21-14/h5-6,11-13H,3-4,7-10H2,1-2H3,(H,17,19). The summed E-state index contributed by atoms with van der Waals surface area (Å²) in [4.78, 5) is 26.0. The third kappa shape index (κ3) is 3.86. The van der Waals surface area contributed by atoms with Gasteiger partial charge >= 0.3 is 0 Å². The largest absolute Gasteiger partial charge is 0.459 e. The van der Waals surface area contributed by atoms with Crippen LogP contribution in [0.2, 0.25) is 0 Å². The minimum atomic E-state index is -0.0650. The van der Waals surface area contributed by atoms with Crippen molar-refractivity contribution in [1.29, 1.82) is 0 Å². The van der Waals surface area contributed by atoms with Gasteiger partial charge in [0.05, 0.1) is 6.26 Å². The van der Waals surface area contributed by atoms with Gasteiger partial charge in [-0.2, -0.15) is 0 Å². The van der Waals surface area contributed by atoms with Crippen molar-refractivity contribution in [1.82, 2.24) is 10.2 Å². The van der Waals surface area contributed by atoms with E-state index in [9.17, 15) is 9.59 Å². The summed E-state index contributed by atoms with van der Waals surface area (Å²) in [5, 5.41) is 3.11. The molecule has 0 saturated carbocycles. The van der Waals surface area contributed by atoms with Crippen LogP contribution in [-0.2, 0) is 4.79 Å². The molecule has 1 aliphatic rings. The summed E-state index contributed by atoms with van der Waals surface area (Å²) in [5.41, 5.74) is 0. The Balaban J connectivity index is 1.81. The van der Waals surface area contributed by atoms with Crippen molar-refractivity contribution >= 4 is 11.8 Å². The molecule has 0 radical (unpaired) electrons. The van der Waals surface area contributed by atoms with Crippen molar-refractivity contribution in [2.45, 2.75) is 45.6 Å². The third-order valence-corrected chi connectivity index (χ3v) is 4.22. The van der Waals surface area contributed by atoms with Gasteiger partial charge in [0.2, 0.25) is 5.91 Å². The molecule has 1 aromatic rings. The van der Waals surface area contributed by atoms with E-state index in [1.165, 1.54) is 6.26 Å². The van der Waals surface area contributed by atoms with Gasteiger partial charge in [0.1, 0.15) is 0 Å². The molecule has 0 atom stereocenters. The van der Waals surface area contributed by atoms with Crippen LogP contribution in [0.5, 0.6) is 0 Å². The van der Waals surface area contributed by atoms with Crippen molar-refractivity contribution in [3.8, 4) is 0 Å². The lowest BCUT2D eigenvalue weighted by atomic mass is 9.99. The topological polar surface area (TPSA) is 62.6 Å². The van der Waals surface area contributed by atoms with E-state index < -0.39 is 0 Å². The van der Waals surface area contributed by atoms with E-state index in [1.807, 2.05) is 13.8 Å². The van der Waals surface area contributed by atoms with Crippen LogP contribution in [0.1, 0.15) is 50.1 Å². The lowest BCUT2D eigenvalue weighted by molar-refractivity contribution is -0.126. The maximum Gasteiger partial charge on any atom is 0.289 e. The van der Waals surface area contributed by atoms with Gasteiger partial charge in [0.15, 0.2) is 5.76 Å². The molecule has 0 aliphatic carbocycles. The van der Waals surface area contributed by atoms with Crippen molar-refractivity contribution in [2.24, 2.45) is 5.92 Å². The Morgan fingerprint density at radius 1 is 1.33 bits per heavy atom. The Bertz CT molecular complexity index is 458. The second-order valence-corrected chi connectivity index (χ2v) is 5.57. The lowest BCUT2D eigenvalue weighted by Gasteiger charge is -2.32. The van der Waals surface area contributed by atoms with Gasteiger partial charge in [-0.25, -0.2) is 0 Å². The number of piperidine rings is 1. The highest BCUT2D eigenvalue weighted by molar-refractivity contribution is 5.91. The maximum atomic E-state index is 12.1. The van der Waals surface area contributed by atoms with Gasteiger partial charge in [0, 0.05) is 25.0 Å². The van der Waals surface area contributed by atoms with Gasteiger partial charge in [-0.15, -0.1) is 0 Å². The molecule has 116 valence electrons. The zero-order valence-corrected chi connectivity index (χ0v) is 12.8. The monoisotopic (exact) mass is 292 g/mol. The molecule has 2 amide bonds. The molecule has 0 bridgehead atoms. The van der Waals surface area contributed by atoms with Crippen molar-refractivity contribution < 1.29 is 14.0 Å². The number of rotatable bonds is 5. The highest BCUT2D eigenvalue weighted by Crippen LogP contribution is 2.16. The minimum Gasteiger partial charge on any atom is -0.459 e. The number of furan rings is 1. The Labute approximate surface area is 125 Å². The van der Waals surface area contributed by atoms with Gasteiger partial charge in [0.25, 0.3) is 5.91 Å². The summed E-state index contributed by atoms with van der Waals surface area (Å²) in [6.45, 7) is 5.40. The van der Waals surface area contributed by atoms with Crippen molar-refractivity contribution in [3.05, 3.63) is 24.2 Å². The number of carbonyl (C=O) groups is 2. The van der Waals surface area contributed by atoms with E-state index in [2.05, 4.69) is 5.32 Å². The summed E-state index contributed by atoms with van der Waals surface area (Å²) in [7, 11) is 0. The number of carbonyl (C=O) groups excluding carboxylic acids is 2. The van der Waals surface area contributed by atoms with Crippen molar-refractivity contribution in [2.75, 3.05) is 13.1 Å². The molecule has 0 aromatic carbocycles. The summed E-state index contributed by atoms with van der Waals surface area (Å²) in [6, 6.07) is 3.58. The molecule has 1 saturated heterocycles. The van der Waals surface area contributed by atoms with Crippen LogP contribution in [0.15, 0.2) is 22.8 Å². The molecule has 1 aromatic heterocycles. The average molecular weight is 292 g/mol. The Hall–Kier alpha value is -1.78. The highest BCUT2D eigenvalue weighted by atomic mass is 16.3. The van der Waals surface area contributed by atoms with Gasteiger partial charge in [-0.05, 0) is 37.8 Å². The second-order valence-electron chi connectivity index (χ2n) is 5.57. The first kappa shape index (κ1) is 15.6. The van der Waals surface area contributed by atoms with Gasteiger partial charge in [-0.1, -0.05) is 13.8 Å². The third-order valence-electron chi connectivity index (χ3n) is 4.22. The van der Waals surface area contributed by atoms with E-state index in [1.54, 1.807) is 17.0 Å². The highest BCUT2D eigenvalue weighted by Gasteiger charge is 2.26. The molecule has 5 heteroatoms. The summed E-state index contributed by atoms with van der Waals surface area (Å²) in [5.74, 6) is 0.572. The van der Waals surface area contributed by atoms with E-state index in [0.29, 0.717) is 18.8 Å². The molecule has 21 heavy (non-hydrogen) atoms. The first-order valence-electron chi connectivity index (χ1n) is 7.78. The number of nitrogens with one attached hydrogen (secondary N) is 1. The average Bonchev–Trinajstić information content (AvgIpc) is 3.03. The minimum absolute atomic E-state index is 0.0650. The maximum absolute atomic E-state index is 12.1. The number of amides is 2. The SMILES string of the molecule is CCC(CC)C(=O)NC1CCN(C(=O)c2ccco2)CC1. The molecule has 2 rings (SSSR count). The predicted octanol–water partition coefficient (Wildman–Crippen LogP) is 2.44. The molecular formula is C16H24N2O3. The van der Waals surface area contributed by atoms with Crippen LogP contribution < -0.4 is 5.32 Å². The van der Waals surface area contributed by atoms with Crippen LogP contribution in [0.4, 0.5) is 0 Å². The molecule has 5 nitrogen and oxygen atoms in total. The number of hydrogen-bond acceptors (Lipinski definition) is 3. The summed E-state index contributed by atoms with van der Waals surface area (Å²) < 4.78 is 5.14. The summed E-state index contributed by atoms with van der Waals surface area (Å²) in [6.07, 6.45) is 4.86. The van der Waals surface area contributed by atoms with Crippen LogP contribution in [0, 0.1) is 5.92 Å². The molecule has 0 unspecified atom stereocenters. The smallest absolute Gasteiger partial charge is 0.289 e. The molecule has 2 heterocycles. The van der Waals surface area contributed by atoms with E-state index in [-0.39, 0.29) is 23.8 Å². The van der Waals surface area contributed by atoms with E-state index in [0.717, 1.165) is 25.7 Å². The molecular weight excluding hydrogens is 268 g/mol. The molecule has 1 fully saturated rings. The van der Waals surface area contributed by atoms with Crippen LogP contribution in [0.3, 0.4) is 0 Å². The van der Waals surface area contributed by atoms with Crippen LogP contribution in [-0.4, -0.2) is 35.8 Å². The fourth-order valence-electron chi connectivity index (χ4n) is 2.76. The van der Waals surface area contributed by atoms with Gasteiger partial charge in [-0.3, -0.25) is 9.59 Å². The lowest BCUT2D eigenvalue weighted by Crippen LogP contribution is -2.47. The van der Waals surface area contributed by atoms with Gasteiger partial charge < -0.3 is 14.6 Å². The summed E-state index contributed by atoms with van der Waals surface area (Å²) >= 11 is 0. The molecule has 1 aliphatic heterocycles. The van der Waals surface area contributed by atoms with Crippen LogP contribution >= 0.6 is 0 Å². The Morgan fingerprint density at radius 3 is 2.52 bits per heavy atom. The molecule has 1 N–H and O–H groups in total. The van der Waals surface area contributed by atoms with E-state index >= 15 is 0 Å². The number of hydrogen-bond donors (Lipinski definition) is 1. The second kappa shape index (κ2) is 7.29. The first-order chi connectivity index (χ1) is 10.2. The first-order valence-corrected chi connectivity index (χ1v) is 7.78. The molecule has 0 spiro atoms. The number of nitrogens with zero attached hydrogens (tertiary/aromatic N) is 1. The zero-order valence-electron chi connectivity index (χ0n) is 12.8. The Morgan fingerprint density at radius 2 is 2.00 bits per heavy atom. The fraction of sp³-hybridized carbons (Fsp3) is 0.625. The van der Waals surface area contributed by atoms with E-state index in [4.69, 9.17) is 4.42 Å². The number of likely N-dealkylation sites (tertiary alicyclic amines) is 1. The van der Waals surface area contributed by atoms with Crippen LogP contribution in [0.25, 0.3) is 0 Å². The Kier molecular flexibility index (Phi) is 5.42. The van der Waals surface area contributed by atoms with Crippen molar-refractivity contribution in [3.63, 3.8) is 0 Å². The fourth-order valence-corrected chi connectivity index (χ4v) is 2.76.